The molecule has 166 valence electrons. The van der Waals surface area contributed by atoms with Gasteiger partial charge in [0, 0.05) is 19.2 Å². The van der Waals surface area contributed by atoms with Crippen LogP contribution < -0.4 is 5.32 Å². The van der Waals surface area contributed by atoms with Crippen LogP contribution in [-0.4, -0.2) is 33.4 Å². The number of nitrogens with one attached hydrogen (secondary N) is 1. The van der Waals surface area contributed by atoms with E-state index in [1.165, 1.54) is 12.1 Å². The molecule has 3 aromatic rings. The lowest BCUT2D eigenvalue weighted by molar-refractivity contribution is 0.0690. The van der Waals surface area contributed by atoms with Crippen LogP contribution in [-0.2, 0) is 13.0 Å². The summed E-state index contributed by atoms with van der Waals surface area (Å²) in [5.74, 6) is -0.522. The summed E-state index contributed by atoms with van der Waals surface area (Å²) >= 11 is 0. The third-order valence-corrected chi connectivity index (χ3v) is 5.71. The van der Waals surface area contributed by atoms with Gasteiger partial charge in [0.25, 0.3) is 11.8 Å². The number of aromatic nitrogens is 2. The molecule has 1 aliphatic heterocycles. The Morgan fingerprint density at radius 1 is 1.22 bits per heavy atom. The number of hydrogen-bond acceptors (Lipinski definition) is 5. The van der Waals surface area contributed by atoms with Crippen molar-refractivity contribution in [3.05, 3.63) is 82.3 Å². The van der Waals surface area contributed by atoms with Crippen molar-refractivity contribution < 1.29 is 18.5 Å². The quantitative estimate of drug-likeness (QED) is 0.631. The molecule has 1 aromatic carbocycles. The molecule has 2 amide bonds. The van der Waals surface area contributed by atoms with Crippen LogP contribution in [0.5, 0.6) is 0 Å². The molecule has 7 nitrogen and oxygen atoms in total. The maximum atomic E-state index is 13.0. The van der Waals surface area contributed by atoms with Crippen molar-refractivity contribution in [2.24, 2.45) is 0 Å². The summed E-state index contributed by atoms with van der Waals surface area (Å²) in [6, 6.07) is 11.0. The first kappa shape index (κ1) is 21.7. The normalized spacial score (nSPS) is 15.7. The number of nitrogens with zero attached hydrogens (tertiary/aromatic N) is 3. The lowest BCUT2D eigenvalue weighted by Crippen LogP contribution is -2.31. The Kier molecular flexibility index (Phi) is 6.30. The van der Waals surface area contributed by atoms with Gasteiger partial charge in [-0.3, -0.25) is 14.6 Å². The highest BCUT2D eigenvalue weighted by atomic mass is 19.1. The molecule has 1 aliphatic rings. The highest BCUT2D eigenvalue weighted by molar-refractivity contribution is 5.95. The Morgan fingerprint density at radius 3 is 2.69 bits per heavy atom. The molecule has 3 heterocycles. The Labute approximate surface area is 185 Å². The van der Waals surface area contributed by atoms with Crippen LogP contribution in [0.15, 0.2) is 47.0 Å². The Morgan fingerprint density at radius 2 is 2.00 bits per heavy atom. The van der Waals surface area contributed by atoms with E-state index in [0.29, 0.717) is 30.8 Å². The minimum absolute atomic E-state index is 0.173. The molecule has 1 saturated heterocycles. The maximum absolute atomic E-state index is 13.0. The van der Waals surface area contributed by atoms with Gasteiger partial charge in [0.1, 0.15) is 5.82 Å². The van der Waals surface area contributed by atoms with Gasteiger partial charge in [0.05, 0.1) is 28.7 Å². The second kappa shape index (κ2) is 9.30. The zero-order valence-corrected chi connectivity index (χ0v) is 18.1. The average molecular weight is 436 g/mol. The highest BCUT2D eigenvalue weighted by Gasteiger charge is 2.33. The molecule has 8 heteroatoms. The molecule has 0 spiro atoms. The second-order valence-electron chi connectivity index (χ2n) is 7.87. The van der Waals surface area contributed by atoms with E-state index in [-0.39, 0.29) is 29.4 Å². The Balaban J connectivity index is 1.46. The molecule has 2 aromatic heterocycles. The number of aryl methyl sites for hydroxylation is 2. The number of benzene rings is 1. The van der Waals surface area contributed by atoms with Gasteiger partial charge in [-0.1, -0.05) is 24.2 Å². The molecule has 0 bridgehead atoms. The first-order valence-electron chi connectivity index (χ1n) is 10.7. The minimum Gasteiger partial charge on any atom is -0.351 e. The number of amides is 2. The SMILES string of the molecule is CCc1cc(C(=O)N2CCC[C@@H]2c2ccc(C(=O)NCc3ccc(F)cc3)c(C)n2)on1. The Hall–Kier alpha value is -3.55. The third kappa shape index (κ3) is 4.54. The van der Waals surface area contributed by atoms with Crippen molar-refractivity contribution in [3.8, 4) is 0 Å². The van der Waals surface area contributed by atoms with Gasteiger partial charge in [0.2, 0.25) is 5.76 Å². The first-order chi connectivity index (χ1) is 15.5. The van der Waals surface area contributed by atoms with Crippen molar-refractivity contribution in [2.75, 3.05) is 6.54 Å². The number of rotatable bonds is 6. The van der Waals surface area contributed by atoms with Crippen LogP contribution in [0.3, 0.4) is 0 Å². The van der Waals surface area contributed by atoms with Gasteiger partial charge in [0.15, 0.2) is 0 Å². The predicted molar refractivity (Wildman–Crippen MR) is 115 cm³/mol. The van der Waals surface area contributed by atoms with Crippen LogP contribution >= 0.6 is 0 Å². The van der Waals surface area contributed by atoms with Crippen molar-refractivity contribution in [1.29, 1.82) is 0 Å². The number of hydrogen-bond donors (Lipinski definition) is 1. The zero-order chi connectivity index (χ0) is 22.7. The Bertz CT molecular complexity index is 1130. The zero-order valence-electron chi connectivity index (χ0n) is 18.1. The second-order valence-corrected chi connectivity index (χ2v) is 7.87. The molecule has 32 heavy (non-hydrogen) atoms. The number of carbonyl (C=O) groups excluding carboxylic acids is 2. The van der Waals surface area contributed by atoms with E-state index in [9.17, 15) is 14.0 Å². The lowest BCUT2D eigenvalue weighted by Gasteiger charge is -2.23. The lowest BCUT2D eigenvalue weighted by atomic mass is 10.1. The molecule has 1 fully saturated rings. The molecule has 1 N–H and O–H groups in total. The fourth-order valence-corrected chi connectivity index (χ4v) is 3.92. The maximum Gasteiger partial charge on any atom is 0.293 e. The third-order valence-electron chi connectivity index (χ3n) is 5.71. The summed E-state index contributed by atoms with van der Waals surface area (Å²) < 4.78 is 18.3. The van der Waals surface area contributed by atoms with E-state index in [2.05, 4.69) is 15.5 Å². The van der Waals surface area contributed by atoms with E-state index in [4.69, 9.17) is 4.52 Å². The molecule has 1 atom stereocenters. The monoisotopic (exact) mass is 436 g/mol. The van der Waals surface area contributed by atoms with Gasteiger partial charge in [-0.15, -0.1) is 0 Å². The minimum atomic E-state index is -0.315. The molecule has 0 saturated carbocycles. The summed E-state index contributed by atoms with van der Waals surface area (Å²) in [6.45, 7) is 4.64. The van der Waals surface area contributed by atoms with Crippen molar-refractivity contribution in [3.63, 3.8) is 0 Å². The van der Waals surface area contributed by atoms with E-state index >= 15 is 0 Å². The van der Waals surface area contributed by atoms with Gasteiger partial charge >= 0.3 is 0 Å². The van der Waals surface area contributed by atoms with Gasteiger partial charge < -0.3 is 14.7 Å². The smallest absolute Gasteiger partial charge is 0.293 e. The van der Waals surface area contributed by atoms with Crippen molar-refractivity contribution >= 4 is 11.8 Å². The van der Waals surface area contributed by atoms with Gasteiger partial charge in [-0.2, -0.15) is 0 Å². The summed E-state index contributed by atoms with van der Waals surface area (Å²) in [5.41, 5.74) is 3.36. The largest absolute Gasteiger partial charge is 0.351 e. The van der Waals surface area contributed by atoms with Crippen molar-refractivity contribution in [2.45, 2.75) is 45.7 Å². The fraction of sp³-hybridized carbons (Fsp3) is 0.333. The molecular weight excluding hydrogens is 411 g/mol. The number of halogens is 1. The summed E-state index contributed by atoms with van der Waals surface area (Å²) in [5, 5.41) is 6.75. The number of likely N-dealkylation sites (tertiary alicyclic amines) is 1. The summed E-state index contributed by atoms with van der Waals surface area (Å²) in [4.78, 5) is 32.0. The summed E-state index contributed by atoms with van der Waals surface area (Å²) in [7, 11) is 0. The molecule has 4 rings (SSSR count). The van der Waals surface area contributed by atoms with E-state index in [0.717, 1.165) is 29.8 Å². The van der Waals surface area contributed by atoms with E-state index in [1.807, 2.05) is 6.92 Å². The van der Waals surface area contributed by atoms with Gasteiger partial charge in [-0.05, 0) is 56.0 Å². The van der Waals surface area contributed by atoms with E-state index in [1.54, 1.807) is 42.2 Å². The molecule has 0 radical (unpaired) electrons. The van der Waals surface area contributed by atoms with Crippen LogP contribution in [0.1, 0.15) is 69.4 Å². The standard InChI is InChI=1S/C24H25FN4O3/c1-3-18-13-22(32-28-18)24(31)29-12-4-5-21(29)20-11-10-19(15(2)27-20)23(30)26-14-16-6-8-17(25)9-7-16/h6-11,13,21H,3-5,12,14H2,1-2H3,(H,26,30)/t21-/m1/s1. The van der Waals surface area contributed by atoms with Crippen molar-refractivity contribution in [1.82, 2.24) is 20.4 Å². The fourth-order valence-electron chi connectivity index (χ4n) is 3.92. The van der Waals surface area contributed by atoms with Crippen LogP contribution in [0.25, 0.3) is 0 Å². The van der Waals surface area contributed by atoms with Crippen LogP contribution in [0, 0.1) is 12.7 Å². The van der Waals surface area contributed by atoms with Crippen LogP contribution in [0.2, 0.25) is 0 Å². The molecule has 0 aliphatic carbocycles. The van der Waals surface area contributed by atoms with E-state index < -0.39 is 0 Å². The molecular formula is C24H25FN4O3. The first-order valence-corrected chi connectivity index (χ1v) is 10.7. The molecule has 0 unspecified atom stereocenters. The number of carbonyl (C=O) groups is 2. The van der Waals surface area contributed by atoms with Gasteiger partial charge in [-0.25, -0.2) is 4.39 Å². The average Bonchev–Trinajstić information content (AvgIpc) is 3.48. The highest BCUT2D eigenvalue weighted by Crippen LogP contribution is 2.32. The topological polar surface area (TPSA) is 88.3 Å². The predicted octanol–water partition coefficient (Wildman–Crippen LogP) is 3.99. The number of pyridine rings is 1. The summed E-state index contributed by atoms with van der Waals surface area (Å²) in [6.07, 6.45) is 2.36. The van der Waals surface area contributed by atoms with Crippen LogP contribution in [0.4, 0.5) is 4.39 Å².